The Morgan fingerprint density at radius 1 is 1.35 bits per heavy atom. The number of hydrogen-bond donors (Lipinski definition) is 3. The molecule has 6 heteroatoms. The number of hydrogen-bond acceptors (Lipinski definition) is 3. The molecule has 0 bridgehead atoms. The lowest BCUT2D eigenvalue weighted by molar-refractivity contribution is -0.148. The molecule has 108 valence electrons. The number of urea groups is 1. The van der Waals surface area contributed by atoms with Gasteiger partial charge >= 0.3 is 12.0 Å². The predicted octanol–water partition coefficient (Wildman–Crippen LogP) is 2.43. The van der Waals surface area contributed by atoms with Gasteiger partial charge in [-0.15, -0.1) is 11.3 Å². The molecule has 1 atom stereocenters. The van der Waals surface area contributed by atoms with E-state index in [0.29, 0.717) is 12.8 Å². The van der Waals surface area contributed by atoms with Crippen LogP contribution in [0.3, 0.4) is 0 Å². The molecule has 3 N–H and O–H groups in total. The number of fused-ring (bicyclic) bond motifs is 1. The number of amides is 2. The Hall–Kier alpha value is -1.56. The minimum atomic E-state index is -1.05. The average molecular weight is 294 g/mol. The van der Waals surface area contributed by atoms with Crippen LogP contribution in [-0.4, -0.2) is 22.6 Å². The predicted molar refractivity (Wildman–Crippen MR) is 75.9 cm³/mol. The Bertz CT molecular complexity index is 536. The maximum atomic E-state index is 12.1. The van der Waals surface area contributed by atoms with Crippen LogP contribution in [0.5, 0.6) is 0 Å². The fraction of sp³-hybridized carbons (Fsp3) is 0.571. The van der Waals surface area contributed by atoms with E-state index in [0.717, 1.165) is 25.7 Å². The van der Waals surface area contributed by atoms with Crippen molar-refractivity contribution in [1.29, 1.82) is 0 Å². The first kappa shape index (κ1) is 13.4. The first-order valence-corrected chi connectivity index (χ1v) is 7.87. The van der Waals surface area contributed by atoms with Crippen molar-refractivity contribution in [3.05, 3.63) is 21.9 Å². The molecular weight excluding hydrogens is 276 g/mol. The monoisotopic (exact) mass is 294 g/mol. The molecule has 0 aromatic carbocycles. The van der Waals surface area contributed by atoms with Crippen LogP contribution < -0.4 is 10.6 Å². The molecule has 1 saturated carbocycles. The molecule has 2 aliphatic rings. The van der Waals surface area contributed by atoms with Crippen molar-refractivity contribution >= 4 is 23.3 Å². The van der Waals surface area contributed by atoms with Crippen molar-refractivity contribution < 1.29 is 14.7 Å². The van der Waals surface area contributed by atoms with E-state index < -0.39 is 11.5 Å². The third kappa shape index (κ3) is 2.28. The average Bonchev–Trinajstić information content (AvgIpc) is 2.82. The van der Waals surface area contributed by atoms with E-state index >= 15 is 0 Å². The van der Waals surface area contributed by atoms with Crippen LogP contribution >= 0.6 is 11.3 Å². The molecule has 0 spiro atoms. The van der Waals surface area contributed by atoms with E-state index in [2.05, 4.69) is 16.7 Å². The van der Waals surface area contributed by atoms with Crippen molar-refractivity contribution in [3.63, 3.8) is 0 Å². The summed E-state index contributed by atoms with van der Waals surface area (Å²) in [6, 6.07) is 1.70. The highest BCUT2D eigenvalue weighted by molar-refractivity contribution is 7.10. The van der Waals surface area contributed by atoms with Gasteiger partial charge in [0.25, 0.3) is 0 Å². The van der Waals surface area contributed by atoms with Gasteiger partial charge in [0, 0.05) is 4.88 Å². The minimum Gasteiger partial charge on any atom is -0.480 e. The molecule has 1 aromatic heterocycles. The van der Waals surface area contributed by atoms with Crippen LogP contribution in [0.1, 0.15) is 48.6 Å². The standard InChI is InChI=1S/C14H18N2O3S/c17-12(18)14(6-2-7-14)16-13(19)15-10-3-1-4-11-9(10)5-8-20-11/h5,8,10H,1-4,6-7H2,(H,17,18)(H2,15,16,19). The van der Waals surface area contributed by atoms with Gasteiger partial charge in [-0.2, -0.15) is 0 Å². The maximum Gasteiger partial charge on any atom is 0.329 e. The van der Waals surface area contributed by atoms with Gasteiger partial charge in [0.1, 0.15) is 5.54 Å². The zero-order chi connectivity index (χ0) is 14.2. The Balaban J connectivity index is 1.65. The smallest absolute Gasteiger partial charge is 0.329 e. The number of carboxylic acid groups (broad SMARTS) is 1. The molecule has 20 heavy (non-hydrogen) atoms. The first-order chi connectivity index (χ1) is 9.61. The van der Waals surface area contributed by atoms with Gasteiger partial charge < -0.3 is 15.7 Å². The van der Waals surface area contributed by atoms with Crippen LogP contribution in [0.25, 0.3) is 0 Å². The summed E-state index contributed by atoms with van der Waals surface area (Å²) in [5, 5.41) is 16.9. The molecule has 2 aliphatic carbocycles. The highest BCUT2D eigenvalue weighted by atomic mass is 32.1. The quantitative estimate of drug-likeness (QED) is 0.801. The second kappa shape index (κ2) is 5.09. The molecule has 5 nitrogen and oxygen atoms in total. The zero-order valence-corrected chi connectivity index (χ0v) is 12.0. The Labute approximate surface area is 121 Å². The summed E-state index contributed by atoms with van der Waals surface area (Å²) < 4.78 is 0. The second-order valence-electron chi connectivity index (χ2n) is 5.58. The minimum absolute atomic E-state index is 0.0101. The summed E-state index contributed by atoms with van der Waals surface area (Å²) in [7, 11) is 0. The summed E-state index contributed by atoms with van der Waals surface area (Å²) >= 11 is 1.72. The molecule has 1 unspecified atom stereocenters. The van der Waals surface area contributed by atoms with Crippen LogP contribution in [0, 0.1) is 0 Å². The van der Waals surface area contributed by atoms with Gasteiger partial charge in [-0.3, -0.25) is 0 Å². The Morgan fingerprint density at radius 2 is 2.15 bits per heavy atom. The molecule has 1 heterocycles. The van der Waals surface area contributed by atoms with Crippen LogP contribution in [0.2, 0.25) is 0 Å². The number of rotatable bonds is 3. The van der Waals surface area contributed by atoms with Crippen LogP contribution in [0.15, 0.2) is 11.4 Å². The van der Waals surface area contributed by atoms with Gasteiger partial charge in [0.15, 0.2) is 0 Å². The summed E-state index contributed by atoms with van der Waals surface area (Å²) in [5.74, 6) is -0.932. The topological polar surface area (TPSA) is 78.4 Å². The van der Waals surface area contributed by atoms with E-state index in [1.165, 1.54) is 10.4 Å². The molecule has 1 aromatic rings. The van der Waals surface area contributed by atoms with E-state index in [9.17, 15) is 14.7 Å². The normalized spacial score (nSPS) is 23.3. The van der Waals surface area contributed by atoms with Gasteiger partial charge in [-0.25, -0.2) is 9.59 Å². The van der Waals surface area contributed by atoms with E-state index in [1.54, 1.807) is 11.3 Å². The summed E-state index contributed by atoms with van der Waals surface area (Å²) in [6.07, 6.45) is 4.94. The third-order valence-corrected chi connectivity index (χ3v) is 5.32. The fourth-order valence-corrected chi connectivity index (χ4v) is 3.96. The second-order valence-corrected chi connectivity index (χ2v) is 6.58. The van der Waals surface area contributed by atoms with Crippen molar-refractivity contribution in [3.8, 4) is 0 Å². The summed E-state index contributed by atoms with van der Waals surface area (Å²) in [6.45, 7) is 0. The Kier molecular flexibility index (Phi) is 3.41. The van der Waals surface area contributed by atoms with Crippen molar-refractivity contribution in [2.75, 3.05) is 0 Å². The summed E-state index contributed by atoms with van der Waals surface area (Å²) in [4.78, 5) is 24.7. The number of carbonyl (C=O) groups excluding carboxylic acids is 1. The van der Waals surface area contributed by atoms with Crippen LogP contribution in [0.4, 0.5) is 4.79 Å². The number of aryl methyl sites for hydroxylation is 1. The highest BCUT2D eigenvalue weighted by Crippen LogP contribution is 2.34. The van der Waals surface area contributed by atoms with Crippen LogP contribution in [-0.2, 0) is 11.2 Å². The van der Waals surface area contributed by atoms with E-state index in [1.807, 2.05) is 5.38 Å². The number of nitrogens with one attached hydrogen (secondary N) is 2. The van der Waals surface area contributed by atoms with Crippen molar-refractivity contribution in [2.24, 2.45) is 0 Å². The van der Waals surface area contributed by atoms with Gasteiger partial charge in [0.05, 0.1) is 6.04 Å². The molecular formula is C14H18N2O3S. The third-order valence-electron chi connectivity index (χ3n) is 4.33. The van der Waals surface area contributed by atoms with Gasteiger partial charge in [-0.05, 0) is 55.5 Å². The van der Waals surface area contributed by atoms with Gasteiger partial charge in [0.2, 0.25) is 0 Å². The van der Waals surface area contributed by atoms with Crippen molar-refractivity contribution in [1.82, 2.24) is 10.6 Å². The SMILES string of the molecule is O=C(NC1CCCc2sccc21)NC1(C(=O)O)CCC1. The molecule has 0 aliphatic heterocycles. The molecule has 2 amide bonds. The molecule has 0 saturated heterocycles. The summed E-state index contributed by atoms with van der Waals surface area (Å²) in [5.41, 5.74) is 0.144. The number of thiophene rings is 1. The number of carbonyl (C=O) groups is 2. The fourth-order valence-electron chi connectivity index (χ4n) is 2.97. The molecule has 1 fully saturated rings. The number of carboxylic acids is 1. The number of aliphatic carboxylic acids is 1. The molecule has 0 radical (unpaired) electrons. The van der Waals surface area contributed by atoms with Crippen molar-refractivity contribution in [2.45, 2.75) is 50.1 Å². The lowest BCUT2D eigenvalue weighted by atomic mass is 9.77. The lowest BCUT2D eigenvalue weighted by Gasteiger charge is -2.38. The Morgan fingerprint density at radius 3 is 2.80 bits per heavy atom. The lowest BCUT2D eigenvalue weighted by Crippen LogP contribution is -2.61. The van der Waals surface area contributed by atoms with E-state index in [-0.39, 0.29) is 12.1 Å². The molecule has 3 rings (SSSR count). The largest absolute Gasteiger partial charge is 0.480 e. The van der Waals surface area contributed by atoms with Gasteiger partial charge in [-0.1, -0.05) is 0 Å². The zero-order valence-electron chi connectivity index (χ0n) is 11.1. The maximum absolute atomic E-state index is 12.1. The first-order valence-electron chi connectivity index (χ1n) is 6.99. The van der Waals surface area contributed by atoms with E-state index in [4.69, 9.17) is 0 Å². The highest BCUT2D eigenvalue weighted by Gasteiger charge is 2.46.